The molecule has 1 N–H and O–H groups in total. The molecule has 1 aliphatic rings. The summed E-state index contributed by atoms with van der Waals surface area (Å²) in [7, 11) is 0. The molecule has 0 saturated heterocycles. The maximum absolute atomic E-state index is 10.8. The van der Waals surface area contributed by atoms with Gasteiger partial charge in [0.1, 0.15) is 0 Å². The number of rotatable bonds is 5. The molecule has 0 amide bonds. The molecule has 96 valence electrons. The molecule has 1 aromatic carbocycles. The van der Waals surface area contributed by atoms with E-state index in [2.05, 4.69) is 18.2 Å². The first kappa shape index (κ1) is 13.2. The van der Waals surface area contributed by atoms with Crippen LogP contribution in [0.5, 0.6) is 0 Å². The zero-order valence-corrected chi connectivity index (χ0v) is 11.4. The Morgan fingerprint density at radius 1 is 1.39 bits per heavy atom. The van der Waals surface area contributed by atoms with Crippen LogP contribution in [-0.4, -0.2) is 16.8 Å². The van der Waals surface area contributed by atoms with E-state index >= 15 is 0 Å². The van der Waals surface area contributed by atoms with Gasteiger partial charge in [-0.05, 0) is 48.9 Å². The Morgan fingerprint density at radius 3 is 2.89 bits per heavy atom. The number of carbonyl (C=O) groups is 1. The van der Waals surface area contributed by atoms with Crippen molar-refractivity contribution in [1.29, 1.82) is 0 Å². The van der Waals surface area contributed by atoms with E-state index in [-0.39, 0.29) is 0 Å². The van der Waals surface area contributed by atoms with Crippen LogP contribution in [0.1, 0.15) is 30.9 Å². The first-order valence-electron chi connectivity index (χ1n) is 6.37. The fourth-order valence-electron chi connectivity index (χ4n) is 2.26. The lowest BCUT2D eigenvalue weighted by Crippen LogP contribution is -1.99. The fraction of sp³-hybridized carbons (Fsp3) is 0.400. The molecule has 2 nitrogen and oxygen atoms in total. The number of hydrogen-bond donors (Lipinski definition) is 1. The molecule has 0 atom stereocenters. The van der Waals surface area contributed by atoms with Crippen molar-refractivity contribution in [1.82, 2.24) is 0 Å². The SMILES string of the molecule is CCC(=CCSc1ccc2c(c1)CCC2)C(=O)O. The number of hydrogen-bond acceptors (Lipinski definition) is 2. The highest BCUT2D eigenvalue weighted by atomic mass is 32.2. The molecule has 0 fully saturated rings. The predicted octanol–water partition coefficient (Wildman–Crippen LogP) is 3.69. The van der Waals surface area contributed by atoms with Crippen molar-refractivity contribution in [3.8, 4) is 0 Å². The summed E-state index contributed by atoms with van der Waals surface area (Å²) in [5.74, 6) is -0.0686. The third kappa shape index (κ3) is 3.16. The van der Waals surface area contributed by atoms with E-state index < -0.39 is 5.97 Å². The van der Waals surface area contributed by atoms with Crippen molar-refractivity contribution in [3.05, 3.63) is 41.0 Å². The summed E-state index contributed by atoms with van der Waals surface area (Å²) in [5.41, 5.74) is 3.45. The average molecular weight is 262 g/mol. The number of fused-ring (bicyclic) bond motifs is 1. The molecule has 1 aromatic rings. The van der Waals surface area contributed by atoms with Gasteiger partial charge in [-0.15, -0.1) is 11.8 Å². The number of carboxylic acids is 1. The van der Waals surface area contributed by atoms with Gasteiger partial charge in [0, 0.05) is 16.2 Å². The molecular formula is C15H18O2S. The van der Waals surface area contributed by atoms with Gasteiger partial charge >= 0.3 is 5.97 Å². The van der Waals surface area contributed by atoms with Crippen molar-refractivity contribution in [2.45, 2.75) is 37.5 Å². The van der Waals surface area contributed by atoms with E-state index in [9.17, 15) is 4.79 Å². The second kappa shape index (κ2) is 6.10. The van der Waals surface area contributed by atoms with E-state index in [1.54, 1.807) is 11.8 Å². The molecule has 0 aliphatic heterocycles. The van der Waals surface area contributed by atoms with Crippen molar-refractivity contribution < 1.29 is 9.90 Å². The first-order chi connectivity index (χ1) is 8.70. The van der Waals surface area contributed by atoms with Gasteiger partial charge in [0.25, 0.3) is 0 Å². The standard InChI is InChI=1S/C15H18O2S/c1-2-11(15(16)17)8-9-18-14-7-6-12-4-3-5-13(12)10-14/h6-8,10H,2-5,9H2,1H3,(H,16,17). The van der Waals surface area contributed by atoms with Crippen LogP contribution < -0.4 is 0 Å². The van der Waals surface area contributed by atoms with E-state index in [4.69, 9.17) is 5.11 Å². The van der Waals surface area contributed by atoms with Gasteiger partial charge in [-0.1, -0.05) is 19.1 Å². The molecular weight excluding hydrogens is 244 g/mol. The minimum Gasteiger partial charge on any atom is -0.478 e. The molecule has 0 heterocycles. The molecule has 0 aromatic heterocycles. The van der Waals surface area contributed by atoms with Crippen LogP contribution >= 0.6 is 11.8 Å². The Balaban J connectivity index is 1.96. The van der Waals surface area contributed by atoms with Gasteiger partial charge in [0.05, 0.1) is 0 Å². The molecule has 0 radical (unpaired) electrons. The Labute approximate surface area is 112 Å². The van der Waals surface area contributed by atoms with Crippen molar-refractivity contribution in [3.63, 3.8) is 0 Å². The Morgan fingerprint density at radius 2 is 2.17 bits per heavy atom. The van der Waals surface area contributed by atoms with Crippen molar-refractivity contribution in [2.75, 3.05) is 5.75 Å². The quantitative estimate of drug-likeness (QED) is 0.649. The summed E-state index contributed by atoms with van der Waals surface area (Å²) in [6, 6.07) is 6.62. The van der Waals surface area contributed by atoms with Crippen LogP contribution in [0, 0.1) is 0 Å². The third-order valence-electron chi connectivity index (χ3n) is 3.31. The first-order valence-corrected chi connectivity index (χ1v) is 7.36. The predicted molar refractivity (Wildman–Crippen MR) is 75.2 cm³/mol. The molecule has 0 saturated carbocycles. The summed E-state index contributed by atoms with van der Waals surface area (Å²) < 4.78 is 0. The highest BCUT2D eigenvalue weighted by molar-refractivity contribution is 7.99. The van der Waals surface area contributed by atoms with Crippen LogP contribution in [-0.2, 0) is 17.6 Å². The molecule has 0 bridgehead atoms. The fourth-order valence-corrected chi connectivity index (χ4v) is 3.13. The molecule has 0 spiro atoms. The number of thioether (sulfide) groups is 1. The Bertz CT molecular complexity index is 477. The van der Waals surface area contributed by atoms with Gasteiger partial charge in [0.15, 0.2) is 0 Å². The van der Waals surface area contributed by atoms with Gasteiger partial charge in [-0.2, -0.15) is 0 Å². The minimum absolute atomic E-state index is 0.503. The maximum Gasteiger partial charge on any atom is 0.331 e. The lowest BCUT2D eigenvalue weighted by atomic mass is 10.1. The van der Waals surface area contributed by atoms with E-state index in [0.29, 0.717) is 12.0 Å². The molecule has 18 heavy (non-hydrogen) atoms. The van der Waals surface area contributed by atoms with Crippen molar-refractivity contribution >= 4 is 17.7 Å². The summed E-state index contributed by atoms with van der Waals surface area (Å²) in [4.78, 5) is 12.1. The van der Waals surface area contributed by atoms with Gasteiger partial charge in [0.2, 0.25) is 0 Å². The van der Waals surface area contributed by atoms with Gasteiger partial charge < -0.3 is 5.11 Å². The lowest BCUT2D eigenvalue weighted by Gasteiger charge is -2.03. The van der Waals surface area contributed by atoms with Crippen LogP contribution in [0.3, 0.4) is 0 Å². The lowest BCUT2D eigenvalue weighted by molar-refractivity contribution is -0.132. The highest BCUT2D eigenvalue weighted by Gasteiger charge is 2.10. The molecule has 1 aliphatic carbocycles. The van der Waals surface area contributed by atoms with E-state index in [0.717, 1.165) is 5.75 Å². The van der Waals surface area contributed by atoms with Crippen LogP contribution in [0.2, 0.25) is 0 Å². The summed E-state index contributed by atoms with van der Waals surface area (Å²) in [6.45, 7) is 1.88. The van der Waals surface area contributed by atoms with Gasteiger partial charge in [-0.25, -0.2) is 4.79 Å². The van der Waals surface area contributed by atoms with Crippen molar-refractivity contribution in [2.24, 2.45) is 0 Å². The normalized spacial score (nSPS) is 14.6. The number of aryl methyl sites for hydroxylation is 2. The van der Waals surface area contributed by atoms with E-state index in [1.165, 1.54) is 35.3 Å². The zero-order valence-electron chi connectivity index (χ0n) is 10.6. The monoisotopic (exact) mass is 262 g/mol. The number of benzene rings is 1. The molecule has 3 heteroatoms. The minimum atomic E-state index is -0.799. The Hall–Kier alpha value is -1.22. The summed E-state index contributed by atoms with van der Waals surface area (Å²) >= 11 is 1.71. The average Bonchev–Trinajstić information content (AvgIpc) is 2.81. The zero-order chi connectivity index (χ0) is 13.0. The van der Waals surface area contributed by atoms with Crippen LogP contribution in [0.15, 0.2) is 34.7 Å². The smallest absolute Gasteiger partial charge is 0.331 e. The summed E-state index contributed by atoms with van der Waals surface area (Å²) in [5, 5.41) is 8.92. The topological polar surface area (TPSA) is 37.3 Å². The number of aliphatic carboxylic acids is 1. The molecule has 2 rings (SSSR count). The van der Waals surface area contributed by atoms with Crippen LogP contribution in [0.4, 0.5) is 0 Å². The Kier molecular flexibility index (Phi) is 4.48. The molecule has 0 unspecified atom stereocenters. The second-order valence-corrected chi connectivity index (χ2v) is 5.58. The highest BCUT2D eigenvalue weighted by Crippen LogP contribution is 2.27. The third-order valence-corrected chi connectivity index (χ3v) is 4.23. The van der Waals surface area contributed by atoms with Gasteiger partial charge in [-0.3, -0.25) is 0 Å². The summed E-state index contributed by atoms with van der Waals surface area (Å²) in [6.07, 6.45) is 6.07. The van der Waals surface area contributed by atoms with Crippen LogP contribution in [0.25, 0.3) is 0 Å². The number of carboxylic acid groups (broad SMARTS) is 1. The maximum atomic E-state index is 10.8. The largest absolute Gasteiger partial charge is 0.478 e. The van der Waals surface area contributed by atoms with E-state index in [1.807, 2.05) is 13.0 Å². The second-order valence-electron chi connectivity index (χ2n) is 4.48.